The van der Waals surface area contributed by atoms with Crippen molar-refractivity contribution in [2.45, 2.75) is 0 Å². The second-order valence-corrected chi connectivity index (χ2v) is 4.05. The van der Waals surface area contributed by atoms with Gasteiger partial charge in [-0.15, -0.1) is 0 Å². The van der Waals surface area contributed by atoms with Crippen LogP contribution in [0.25, 0.3) is 10.9 Å². The van der Waals surface area contributed by atoms with Crippen molar-refractivity contribution in [1.82, 2.24) is 4.98 Å². The molecule has 0 amide bonds. The number of rotatable bonds is 3. The molecule has 82 valence electrons. The summed E-state index contributed by atoms with van der Waals surface area (Å²) in [5.41, 5.74) is 0.935. The maximum absolute atomic E-state index is 5.78. The van der Waals surface area contributed by atoms with Crippen molar-refractivity contribution >= 4 is 10.9 Å². The molecule has 0 aliphatic carbocycles. The summed E-state index contributed by atoms with van der Waals surface area (Å²) >= 11 is 0. The topological polar surface area (TPSA) is 31.4 Å². The lowest BCUT2D eigenvalue weighted by molar-refractivity contribution is -0.0506. The minimum atomic E-state index is 0.541. The van der Waals surface area contributed by atoms with Crippen LogP contribution in [0.4, 0.5) is 0 Å². The van der Waals surface area contributed by atoms with Crippen molar-refractivity contribution in [1.29, 1.82) is 0 Å². The Morgan fingerprint density at radius 2 is 2.12 bits per heavy atom. The number of pyridine rings is 1. The number of hydrogen-bond acceptors (Lipinski definition) is 3. The van der Waals surface area contributed by atoms with E-state index in [0.29, 0.717) is 5.92 Å². The van der Waals surface area contributed by atoms with E-state index in [0.717, 1.165) is 36.5 Å². The molecule has 1 aromatic carbocycles. The van der Waals surface area contributed by atoms with Gasteiger partial charge in [0.05, 0.1) is 19.8 Å². The lowest BCUT2D eigenvalue weighted by Gasteiger charge is -2.25. The van der Waals surface area contributed by atoms with Crippen LogP contribution in [-0.4, -0.2) is 24.8 Å². The third-order valence-corrected chi connectivity index (χ3v) is 2.78. The van der Waals surface area contributed by atoms with Crippen LogP contribution in [0.3, 0.4) is 0 Å². The number of hydrogen-bond donors (Lipinski definition) is 0. The van der Waals surface area contributed by atoms with E-state index < -0.39 is 0 Å². The molecule has 0 saturated carbocycles. The quantitative estimate of drug-likeness (QED) is 0.787. The number of fused-ring (bicyclic) bond motifs is 1. The molecule has 2 heterocycles. The third kappa shape index (κ3) is 1.74. The molecule has 0 bridgehead atoms. The highest BCUT2D eigenvalue weighted by atomic mass is 16.5. The Hall–Kier alpha value is -1.61. The standard InChI is InChI=1S/C13H13NO2/c1-3-11-4-2-6-14-13(11)12(5-1)16-9-10-7-15-8-10/h1-6,10H,7-9H2. The van der Waals surface area contributed by atoms with Gasteiger partial charge in [-0.2, -0.15) is 0 Å². The summed E-state index contributed by atoms with van der Waals surface area (Å²) in [4.78, 5) is 4.35. The molecule has 3 nitrogen and oxygen atoms in total. The zero-order valence-electron chi connectivity index (χ0n) is 8.93. The van der Waals surface area contributed by atoms with Crippen LogP contribution in [0, 0.1) is 5.92 Å². The Labute approximate surface area is 94.0 Å². The van der Waals surface area contributed by atoms with Crippen LogP contribution >= 0.6 is 0 Å². The van der Waals surface area contributed by atoms with Gasteiger partial charge >= 0.3 is 0 Å². The Kier molecular flexibility index (Phi) is 2.46. The number of aromatic nitrogens is 1. The van der Waals surface area contributed by atoms with E-state index in [1.165, 1.54) is 0 Å². The Morgan fingerprint density at radius 1 is 1.25 bits per heavy atom. The number of ether oxygens (including phenoxy) is 2. The van der Waals surface area contributed by atoms with E-state index in [1.54, 1.807) is 6.20 Å². The summed E-state index contributed by atoms with van der Waals surface area (Å²) in [7, 11) is 0. The minimum absolute atomic E-state index is 0.541. The first kappa shape index (κ1) is 9.60. The summed E-state index contributed by atoms with van der Waals surface area (Å²) < 4.78 is 10.9. The fourth-order valence-electron chi connectivity index (χ4n) is 1.78. The highest BCUT2D eigenvalue weighted by Gasteiger charge is 2.19. The molecule has 1 aliphatic heterocycles. The van der Waals surface area contributed by atoms with Gasteiger partial charge in [-0.05, 0) is 12.1 Å². The molecule has 0 spiro atoms. The van der Waals surface area contributed by atoms with Crippen LogP contribution in [0.15, 0.2) is 36.5 Å². The molecule has 1 aliphatic rings. The molecule has 1 aromatic heterocycles. The molecule has 0 N–H and O–H groups in total. The predicted molar refractivity (Wildman–Crippen MR) is 61.5 cm³/mol. The molecule has 1 fully saturated rings. The summed E-state index contributed by atoms with van der Waals surface area (Å²) in [6, 6.07) is 9.99. The van der Waals surface area contributed by atoms with Gasteiger partial charge in [0, 0.05) is 17.5 Å². The monoisotopic (exact) mass is 215 g/mol. The minimum Gasteiger partial charge on any atom is -0.491 e. The van der Waals surface area contributed by atoms with Gasteiger partial charge in [-0.3, -0.25) is 4.98 Å². The average Bonchev–Trinajstić information content (AvgIpc) is 2.27. The summed E-state index contributed by atoms with van der Waals surface area (Å²) in [6.07, 6.45) is 1.79. The first-order valence-electron chi connectivity index (χ1n) is 5.48. The normalized spacial score (nSPS) is 16.0. The third-order valence-electron chi connectivity index (χ3n) is 2.78. The molecule has 0 radical (unpaired) electrons. The number of para-hydroxylation sites is 1. The van der Waals surface area contributed by atoms with Crippen molar-refractivity contribution in [2.75, 3.05) is 19.8 Å². The van der Waals surface area contributed by atoms with Gasteiger partial charge in [0.2, 0.25) is 0 Å². The molecule has 2 aromatic rings. The zero-order chi connectivity index (χ0) is 10.8. The van der Waals surface area contributed by atoms with Crippen LogP contribution in [-0.2, 0) is 4.74 Å². The molecule has 1 saturated heterocycles. The Bertz CT molecular complexity index is 489. The van der Waals surface area contributed by atoms with Crippen LogP contribution in [0.1, 0.15) is 0 Å². The molecule has 0 unspecified atom stereocenters. The van der Waals surface area contributed by atoms with Crippen molar-refractivity contribution in [3.63, 3.8) is 0 Å². The molecule has 16 heavy (non-hydrogen) atoms. The summed E-state index contributed by atoms with van der Waals surface area (Å²) in [5, 5.41) is 1.12. The largest absolute Gasteiger partial charge is 0.491 e. The van der Waals surface area contributed by atoms with Gasteiger partial charge in [0.25, 0.3) is 0 Å². The van der Waals surface area contributed by atoms with E-state index >= 15 is 0 Å². The molecule has 0 atom stereocenters. The van der Waals surface area contributed by atoms with Gasteiger partial charge in [-0.1, -0.05) is 18.2 Å². The fourth-order valence-corrected chi connectivity index (χ4v) is 1.78. The highest BCUT2D eigenvalue weighted by molar-refractivity contribution is 5.84. The van der Waals surface area contributed by atoms with Crippen LogP contribution < -0.4 is 4.74 Å². The second kappa shape index (κ2) is 4.10. The molecular formula is C13H13NO2. The van der Waals surface area contributed by atoms with Crippen molar-refractivity contribution < 1.29 is 9.47 Å². The van der Waals surface area contributed by atoms with Gasteiger partial charge in [0.15, 0.2) is 0 Å². The van der Waals surface area contributed by atoms with Gasteiger partial charge < -0.3 is 9.47 Å². The first-order valence-corrected chi connectivity index (χ1v) is 5.48. The highest BCUT2D eigenvalue weighted by Crippen LogP contribution is 2.24. The van der Waals surface area contributed by atoms with E-state index in [1.807, 2.05) is 30.3 Å². The molecule has 3 rings (SSSR count). The Morgan fingerprint density at radius 3 is 2.94 bits per heavy atom. The van der Waals surface area contributed by atoms with Crippen molar-refractivity contribution in [3.8, 4) is 5.75 Å². The lowest BCUT2D eigenvalue weighted by Crippen LogP contribution is -2.32. The second-order valence-electron chi connectivity index (χ2n) is 4.05. The predicted octanol–water partition coefficient (Wildman–Crippen LogP) is 2.26. The van der Waals surface area contributed by atoms with E-state index in [9.17, 15) is 0 Å². The number of nitrogens with zero attached hydrogens (tertiary/aromatic N) is 1. The van der Waals surface area contributed by atoms with Crippen LogP contribution in [0.5, 0.6) is 5.75 Å². The van der Waals surface area contributed by atoms with Crippen molar-refractivity contribution in [2.24, 2.45) is 5.92 Å². The molecule has 3 heteroatoms. The van der Waals surface area contributed by atoms with Crippen molar-refractivity contribution in [3.05, 3.63) is 36.5 Å². The van der Waals surface area contributed by atoms with E-state index in [2.05, 4.69) is 4.98 Å². The van der Waals surface area contributed by atoms with Gasteiger partial charge in [-0.25, -0.2) is 0 Å². The zero-order valence-corrected chi connectivity index (χ0v) is 8.93. The lowest BCUT2D eigenvalue weighted by atomic mass is 10.1. The van der Waals surface area contributed by atoms with Gasteiger partial charge in [0.1, 0.15) is 11.3 Å². The maximum atomic E-state index is 5.78. The van der Waals surface area contributed by atoms with E-state index in [-0.39, 0.29) is 0 Å². The summed E-state index contributed by atoms with van der Waals surface area (Å²) in [6.45, 7) is 2.35. The van der Waals surface area contributed by atoms with Crippen LogP contribution in [0.2, 0.25) is 0 Å². The maximum Gasteiger partial charge on any atom is 0.145 e. The Balaban J connectivity index is 1.84. The average molecular weight is 215 g/mol. The SMILES string of the molecule is c1cnc2c(OCC3COC3)cccc2c1. The summed E-state index contributed by atoms with van der Waals surface area (Å²) in [5.74, 6) is 1.41. The first-order chi connectivity index (χ1) is 7.93. The smallest absolute Gasteiger partial charge is 0.145 e. The number of benzene rings is 1. The van der Waals surface area contributed by atoms with E-state index in [4.69, 9.17) is 9.47 Å². The molecular weight excluding hydrogens is 202 g/mol. The fraction of sp³-hybridized carbons (Fsp3) is 0.308.